The molecule has 3 aromatic rings. The van der Waals surface area contributed by atoms with Crippen LogP contribution in [0.2, 0.25) is 0 Å². The van der Waals surface area contributed by atoms with Gasteiger partial charge < -0.3 is 4.90 Å². The SMILES string of the molecule is CCc1cc(C(F)(F)F)n2nc([C@H]3CCCCN3C(=O)c3cc(C(C)C)nn3C)cc2n1. The van der Waals surface area contributed by atoms with Crippen molar-refractivity contribution in [2.75, 3.05) is 6.54 Å². The Bertz CT molecular complexity index is 1150. The summed E-state index contributed by atoms with van der Waals surface area (Å²) in [6.07, 6.45) is -1.85. The molecule has 0 aliphatic carbocycles. The van der Waals surface area contributed by atoms with E-state index < -0.39 is 17.9 Å². The van der Waals surface area contributed by atoms with Crippen LogP contribution in [0.1, 0.15) is 85.3 Å². The molecule has 1 fully saturated rings. The fourth-order valence-electron chi connectivity index (χ4n) is 4.19. The number of hydrogen-bond donors (Lipinski definition) is 0. The summed E-state index contributed by atoms with van der Waals surface area (Å²) in [6.45, 7) is 6.29. The van der Waals surface area contributed by atoms with E-state index >= 15 is 0 Å². The first-order valence-corrected chi connectivity index (χ1v) is 10.9. The molecule has 0 saturated carbocycles. The number of piperidine rings is 1. The van der Waals surface area contributed by atoms with Crippen molar-refractivity contribution in [3.8, 4) is 0 Å². The molecule has 1 aliphatic heterocycles. The third-order valence-electron chi connectivity index (χ3n) is 5.97. The highest BCUT2D eigenvalue weighted by molar-refractivity contribution is 5.93. The third kappa shape index (κ3) is 3.98. The van der Waals surface area contributed by atoms with Crippen molar-refractivity contribution >= 4 is 11.6 Å². The van der Waals surface area contributed by atoms with Crippen LogP contribution in [-0.2, 0) is 19.6 Å². The fourth-order valence-corrected chi connectivity index (χ4v) is 4.19. The predicted octanol–water partition coefficient (Wildman–Crippen LogP) is 4.53. The summed E-state index contributed by atoms with van der Waals surface area (Å²) in [6, 6.07) is 3.99. The number of aryl methyl sites for hydroxylation is 2. The molecule has 0 unspecified atom stereocenters. The molecule has 0 spiro atoms. The largest absolute Gasteiger partial charge is 0.433 e. The van der Waals surface area contributed by atoms with Crippen LogP contribution in [0, 0.1) is 0 Å². The van der Waals surface area contributed by atoms with Crippen molar-refractivity contribution in [3.63, 3.8) is 0 Å². The maximum Gasteiger partial charge on any atom is 0.433 e. The van der Waals surface area contributed by atoms with Crippen LogP contribution >= 0.6 is 0 Å². The van der Waals surface area contributed by atoms with Crippen molar-refractivity contribution in [1.82, 2.24) is 29.3 Å². The van der Waals surface area contributed by atoms with Gasteiger partial charge in [0.05, 0.1) is 17.4 Å². The Kier molecular flexibility index (Phi) is 5.72. The average molecular weight is 448 g/mol. The molecule has 4 heterocycles. The third-order valence-corrected chi connectivity index (χ3v) is 5.97. The minimum Gasteiger partial charge on any atom is -0.329 e. The van der Waals surface area contributed by atoms with Crippen molar-refractivity contribution in [2.45, 2.75) is 64.6 Å². The highest BCUT2D eigenvalue weighted by atomic mass is 19.4. The lowest BCUT2D eigenvalue weighted by atomic mass is 9.98. The van der Waals surface area contributed by atoms with Gasteiger partial charge in [-0.2, -0.15) is 23.4 Å². The lowest BCUT2D eigenvalue weighted by Gasteiger charge is -2.34. The minimum atomic E-state index is -4.56. The van der Waals surface area contributed by atoms with Gasteiger partial charge in [0.2, 0.25) is 0 Å². The maximum atomic E-state index is 13.7. The van der Waals surface area contributed by atoms with Crippen molar-refractivity contribution in [3.05, 3.63) is 46.7 Å². The second-order valence-electron chi connectivity index (χ2n) is 8.57. The molecule has 0 bridgehead atoms. The van der Waals surface area contributed by atoms with Crippen molar-refractivity contribution in [2.24, 2.45) is 7.05 Å². The van der Waals surface area contributed by atoms with Gasteiger partial charge in [0.25, 0.3) is 5.91 Å². The Morgan fingerprint density at radius 3 is 2.56 bits per heavy atom. The van der Waals surface area contributed by atoms with Crippen LogP contribution in [0.3, 0.4) is 0 Å². The Balaban J connectivity index is 1.75. The Morgan fingerprint density at radius 2 is 1.94 bits per heavy atom. The summed E-state index contributed by atoms with van der Waals surface area (Å²) in [5.41, 5.74) is 1.36. The average Bonchev–Trinajstić information content (AvgIpc) is 3.35. The Hall–Kier alpha value is -2.91. The zero-order valence-electron chi connectivity index (χ0n) is 18.6. The van der Waals surface area contributed by atoms with Crippen LogP contribution < -0.4 is 0 Å². The molecule has 0 aromatic carbocycles. The Morgan fingerprint density at radius 1 is 1.19 bits per heavy atom. The van der Waals surface area contributed by atoms with Gasteiger partial charge in [0.1, 0.15) is 11.4 Å². The number of hydrogen-bond acceptors (Lipinski definition) is 4. The lowest BCUT2D eigenvalue weighted by Crippen LogP contribution is -2.39. The molecule has 1 saturated heterocycles. The van der Waals surface area contributed by atoms with E-state index in [1.807, 2.05) is 13.8 Å². The number of alkyl halides is 3. The maximum absolute atomic E-state index is 13.7. The van der Waals surface area contributed by atoms with E-state index in [0.717, 1.165) is 29.1 Å². The molecule has 1 amide bonds. The first-order valence-electron chi connectivity index (χ1n) is 10.9. The summed E-state index contributed by atoms with van der Waals surface area (Å²) < 4.78 is 43.4. The second kappa shape index (κ2) is 8.22. The zero-order chi connectivity index (χ0) is 23.2. The normalized spacial score (nSPS) is 17.5. The van der Waals surface area contributed by atoms with E-state index in [-0.39, 0.29) is 17.5 Å². The summed E-state index contributed by atoms with van der Waals surface area (Å²) in [4.78, 5) is 19.5. The number of likely N-dealkylation sites (tertiary alicyclic amines) is 1. The van der Waals surface area contributed by atoms with E-state index in [4.69, 9.17) is 0 Å². The number of rotatable bonds is 4. The molecule has 0 N–H and O–H groups in total. The highest BCUT2D eigenvalue weighted by Gasteiger charge is 2.37. The number of carbonyl (C=O) groups is 1. The molecule has 0 radical (unpaired) electrons. The van der Waals surface area contributed by atoms with Crippen LogP contribution in [0.4, 0.5) is 13.2 Å². The summed E-state index contributed by atoms with van der Waals surface area (Å²) >= 11 is 0. The Labute approximate surface area is 184 Å². The molecule has 3 aromatic heterocycles. The van der Waals surface area contributed by atoms with Crippen molar-refractivity contribution < 1.29 is 18.0 Å². The van der Waals surface area contributed by atoms with Gasteiger partial charge in [-0.15, -0.1) is 0 Å². The molecule has 172 valence electrons. The number of fused-ring (bicyclic) bond motifs is 1. The highest BCUT2D eigenvalue weighted by Crippen LogP contribution is 2.34. The molecule has 4 rings (SSSR count). The van der Waals surface area contributed by atoms with Gasteiger partial charge in [-0.05, 0) is 43.7 Å². The van der Waals surface area contributed by atoms with Crippen LogP contribution in [0.25, 0.3) is 5.65 Å². The first kappa shape index (κ1) is 22.3. The summed E-state index contributed by atoms with van der Waals surface area (Å²) in [5.74, 6) is -0.00937. The van der Waals surface area contributed by atoms with Crippen LogP contribution in [0.15, 0.2) is 18.2 Å². The first-order chi connectivity index (χ1) is 15.1. The molecule has 1 atom stereocenters. The number of halogens is 3. The smallest absolute Gasteiger partial charge is 0.329 e. The lowest BCUT2D eigenvalue weighted by molar-refractivity contribution is -0.142. The van der Waals surface area contributed by atoms with Gasteiger partial charge in [-0.3, -0.25) is 9.48 Å². The van der Waals surface area contributed by atoms with E-state index in [2.05, 4.69) is 15.2 Å². The topological polar surface area (TPSA) is 68.3 Å². The quantitative estimate of drug-likeness (QED) is 0.588. The van der Waals surface area contributed by atoms with Gasteiger partial charge >= 0.3 is 6.18 Å². The molecular weight excluding hydrogens is 421 g/mol. The number of amides is 1. The second-order valence-corrected chi connectivity index (χ2v) is 8.57. The monoisotopic (exact) mass is 448 g/mol. The van der Waals surface area contributed by atoms with Gasteiger partial charge in [0.15, 0.2) is 5.65 Å². The van der Waals surface area contributed by atoms with Gasteiger partial charge in [0, 0.05) is 25.4 Å². The molecule has 10 heteroatoms. The summed E-state index contributed by atoms with van der Waals surface area (Å²) in [5, 5.41) is 8.71. The zero-order valence-corrected chi connectivity index (χ0v) is 18.6. The molecule has 32 heavy (non-hydrogen) atoms. The molecule has 7 nitrogen and oxygen atoms in total. The van der Waals surface area contributed by atoms with E-state index in [0.29, 0.717) is 36.5 Å². The van der Waals surface area contributed by atoms with E-state index in [1.165, 1.54) is 0 Å². The number of aromatic nitrogens is 5. The number of nitrogens with zero attached hydrogens (tertiary/aromatic N) is 6. The van der Waals surface area contributed by atoms with Gasteiger partial charge in [-0.1, -0.05) is 20.8 Å². The molecule has 1 aliphatic rings. The van der Waals surface area contributed by atoms with Crippen molar-refractivity contribution in [1.29, 1.82) is 0 Å². The number of carbonyl (C=O) groups excluding carboxylic acids is 1. The molecular formula is C22H27F3N6O. The van der Waals surface area contributed by atoms with Crippen LogP contribution in [0.5, 0.6) is 0 Å². The van der Waals surface area contributed by atoms with Crippen LogP contribution in [-0.4, -0.2) is 41.7 Å². The predicted molar refractivity (Wildman–Crippen MR) is 112 cm³/mol. The minimum absolute atomic E-state index is 0.146. The fraction of sp³-hybridized carbons (Fsp3) is 0.545. The van der Waals surface area contributed by atoms with Gasteiger partial charge in [-0.25, -0.2) is 9.50 Å². The summed E-state index contributed by atoms with van der Waals surface area (Å²) in [7, 11) is 1.73. The van der Waals surface area contributed by atoms with E-state index in [9.17, 15) is 18.0 Å². The standard InChI is InChI=1S/C22H27F3N6O/c1-5-14-10-19(22(23,24)25)31-20(26-14)12-16(28-31)17-8-6-7-9-30(17)21(32)18-11-15(13(2)3)27-29(18)4/h10-13,17H,5-9H2,1-4H3/t17-/m1/s1. The van der Waals surface area contributed by atoms with E-state index in [1.54, 1.807) is 35.7 Å².